The minimum atomic E-state index is -0.129. The van der Waals surface area contributed by atoms with Gasteiger partial charge in [0.05, 0.1) is 17.4 Å². The third kappa shape index (κ3) is 2.39. The average Bonchev–Trinajstić information content (AvgIpc) is 2.75. The fourth-order valence-corrected chi connectivity index (χ4v) is 2.95. The Hall–Kier alpha value is -1.73. The molecular weight excluding hydrogens is 266 g/mol. The first-order valence-electron chi connectivity index (χ1n) is 5.67. The number of nitrogens with one attached hydrogen (secondary N) is 1. The summed E-state index contributed by atoms with van der Waals surface area (Å²) in [6.45, 7) is 2.17. The van der Waals surface area contributed by atoms with E-state index in [4.69, 9.17) is 9.47 Å². The van der Waals surface area contributed by atoms with Crippen molar-refractivity contribution in [1.82, 2.24) is 15.3 Å². The number of aryl methyl sites for hydroxylation is 1. The van der Waals surface area contributed by atoms with Gasteiger partial charge in [-0.05, 0) is 12.5 Å². The summed E-state index contributed by atoms with van der Waals surface area (Å²) in [7, 11) is 4.73. The molecule has 0 fully saturated rings. The summed E-state index contributed by atoms with van der Waals surface area (Å²) in [5.74, 6) is 0.883. The van der Waals surface area contributed by atoms with Crippen molar-refractivity contribution in [3.63, 3.8) is 0 Å². The van der Waals surface area contributed by atoms with Crippen molar-refractivity contribution in [2.24, 2.45) is 0 Å². The van der Waals surface area contributed by atoms with Crippen LogP contribution in [-0.4, -0.2) is 37.1 Å². The van der Waals surface area contributed by atoms with Crippen LogP contribution in [-0.2, 0) is 11.3 Å². The van der Waals surface area contributed by atoms with E-state index >= 15 is 0 Å². The molecule has 6 nitrogen and oxygen atoms in total. The van der Waals surface area contributed by atoms with E-state index in [2.05, 4.69) is 15.3 Å². The van der Waals surface area contributed by atoms with Crippen molar-refractivity contribution in [1.29, 1.82) is 0 Å². The van der Waals surface area contributed by atoms with E-state index in [1.54, 1.807) is 21.3 Å². The van der Waals surface area contributed by atoms with Gasteiger partial charge in [0.1, 0.15) is 11.4 Å². The van der Waals surface area contributed by atoms with Gasteiger partial charge in [0.25, 0.3) is 5.91 Å². The van der Waals surface area contributed by atoms with Crippen molar-refractivity contribution in [2.45, 2.75) is 13.5 Å². The summed E-state index contributed by atoms with van der Waals surface area (Å²) in [6.07, 6.45) is 0. The predicted octanol–water partition coefficient (Wildman–Crippen LogP) is 1.51. The summed E-state index contributed by atoms with van der Waals surface area (Å²) < 4.78 is 10.3. The Labute approximate surface area is 114 Å². The van der Waals surface area contributed by atoms with Gasteiger partial charge >= 0.3 is 0 Å². The van der Waals surface area contributed by atoms with E-state index in [-0.39, 0.29) is 5.91 Å². The Bertz CT molecular complexity index is 624. The molecule has 19 heavy (non-hydrogen) atoms. The van der Waals surface area contributed by atoms with Crippen LogP contribution in [0.1, 0.15) is 21.1 Å². The van der Waals surface area contributed by atoms with Gasteiger partial charge < -0.3 is 14.8 Å². The van der Waals surface area contributed by atoms with Crippen LogP contribution < -0.4 is 10.1 Å². The van der Waals surface area contributed by atoms with Gasteiger partial charge in [0.15, 0.2) is 5.82 Å². The Kier molecular flexibility index (Phi) is 3.96. The lowest BCUT2D eigenvalue weighted by atomic mass is 10.2. The number of aromatic nitrogens is 2. The number of thiophene rings is 1. The highest BCUT2D eigenvalue weighted by Crippen LogP contribution is 2.34. The van der Waals surface area contributed by atoms with Gasteiger partial charge in [-0.3, -0.25) is 4.79 Å². The van der Waals surface area contributed by atoms with Gasteiger partial charge in [-0.25, -0.2) is 4.98 Å². The minimum Gasteiger partial charge on any atom is -0.480 e. The molecule has 0 atom stereocenters. The summed E-state index contributed by atoms with van der Waals surface area (Å²) >= 11 is 1.33. The van der Waals surface area contributed by atoms with E-state index in [9.17, 15) is 4.79 Å². The number of rotatable bonds is 4. The van der Waals surface area contributed by atoms with Crippen LogP contribution in [0.3, 0.4) is 0 Å². The molecule has 2 rings (SSSR count). The molecule has 0 aromatic carbocycles. The SMILES string of the molecule is CNC(=O)c1sc2nc(COC)nc(OC)c2c1C. The maximum Gasteiger partial charge on any atom is 0.261 e. The lowest BCUT2D eigenvalue weighted by molar-refractivity contribution is 0.0966. The van der Waals surface area contributed by atoms with Gasteiger partial charge in [-0.15, -0.1) is 11.3 Å². The Morgan fingerprint density at radius 3 is 2.68 bits per heavy atom. The van der Waals surface area contributed by atoms with Crippen LogP contribution in [0, 0.1) is 6.92 Å². The second-order valence-electron chi connectivity index (χ2n) is 3.90. The van der Waals surface area contributed by atoms with Crippen LogP contribution in [0.4, 0.5) is 0 Å². The predicted molar refractivity (Wildman–Crippen MR) is 72.8 cm³/mol. The van der Waals surface area contributed by atoms with Crippen molar-refractivity contribution in [2.75, 3.05) is 21.3 Å². The van der Waals surface area contributed by atoms with E-state index in [1.165, 1.54) is 11.3 Å². The Balaban J connectivity index is 2.67. The molecule has 7 heteroatoms. The minimum absolute atomic E-state index is 0.129. The zero-order valence-electron chi connectivity index (χ0n) is 11.2. The van der Waals surface area contributed by atoms with E-state index in [0.717, 1.165) is 15.8 Å². The quantitative estimate of drug-likeness (QED) is 0.919. The number of hydrogen-bond donors (Lipinski definition) is 1. The number of carbonyl (C=O) groups is 1. The zero-order chi connectivity index (χ0) is 14.0. The van der Waals surface area contributed by atoms with Crippen molar-refractivity contribution in [3.05, 3.63) is 16.3 Å². The average molecular weight is 281 g/mol. The maximum atomic E-state index is 11.8. The number of methoxy groups -OCH3 is 2. The first-order valence-corrected chi connectivity index (χ1v) is 6.49. The summed E-state index contributed by atoms with van der Waals surface area (Å²) in [5.41, 5.74) is 0.833. The molecule has 1 N–H and O–H groups in total. The van der Waals surface area contributed by atoms with Crippen molar-refractivity contribution < 1.29 is 14.3 Å². The van der Waals surface area contributed by atoms with Crippen molar-refractivity contribution in [3.8, 4) is 5.88 Å². The highest BCUT2D eigenvalue weighted by atomic mass is 32.1. The second kappa shape index (κ2) is 5.50. The fourth-order valence-electron chi connectivity index (χ4n) is 1.82. The van der Waals surface area contributed by atoms with Crippen LogP contribution in [0.5, 0.6) is 5.88 Å². The van der Waals surface area contributed by atoms with Gasteiger partial charge in [0, 0.05) is 14.2 Å². The van der Waals surface area contributed by atoms with E-state index < -0.39 is 0 Å². The maximum absolute atomic E-state index is 11.8. The number of carbonyl (C=O) groups excluding carboxylic acids is 1. The molecule has 0 spiro atoms. The molecule has 0 unspecified atom stereocenters. The number of amides is 1. The number of hydrogen-bond acceptors (Lipinski definition) is 6. The lowest BCUT2D eigenvalue weighted by Gasteiger charge is -2.04. The first kappa shape index (κ1) is 13.7. The largest absolute Gasteiger partial charge is 0.480 e. The van der Waals surface area contributed by atoms with Crippen molar-refractivity contribution >= 4 is 27.5 Å². The molecule has 2 heterocycles. The van der Waals surface area contributed by atoms with Crippen LogP contribution in [0.15, 0.2) is 0 Å². The third-order valence-electron chi connectivity index (χ3n) is 2.70. The summed E-state index contributed by atoms with van der Waals surface area (Å²) in [6, 6.07) is 0. The molecule has 0 aliphatic rings. The zero-order valence-corrected chi connectivity index (χ0v) is 12.1. The topological polar surface area (TPSA) is 73.3 Å². The molecule has 102 valence electrons. The number of nitrogens with zero attached hydrogens (tertiary/aromatic N) is 2. The van der Waals surface area contributed by atoms with E-state index in [0.29, 0.717) is 23.2 Å². The molecule has 1 amide bonds. The molecular formula is C12H15N3O3S. The molecule has 0 saturated heterocycles. The summed E-state index contributed by atoms with van der Waals surface area (Å²) in [5, 5.41) is 3.40. The molecule has 0 aliphatic carbocycles. The monoisotopic (exact) mass is 281 g/mol. The molecule has 0 saturated carbocycles. The molecule has 0 aliphatic heterocycles. The molecule has 0 bridgehead atoms. The smallest absolute Gasteiger partial charge is 0.261 e. The Morgan fingerprint density at radius 1 is 1.37 bits per heavy atom. The normalized spacial score (nSPS) is 10.7. The second-order valence-corrected chi connectivity index (χ2v) is 4.90. The van der Waals surface area contributed by atoms with E-state index in [1.807, 2.05) is 6.92 Å². The lowest BCUT2D eigenvalue weighted by Crippen LogP contribution is -2.17. The van der Waals surface area contributed by atoms with Crippen LogP contribution in [0.2, 0.25) is 0 Å². The van der Waals surface area contributed by atoms with Gasteiger partial charge in [-0.1, -0.05) is 0 Å². The third-order valence-corrected chi connectivity index (χ3v) is 3.89. The summed E-state index contributed by atoms with van der Waals surface area (Å²) in [4.78, 5) is 21.8. The number of fused-ring (bicyclic) bond motifs is 1. The Morgan fingerprint density at radius 2 is 2.11 bits per heavy atom. The fraction of sp³-hybridized carbons (Fsp3) is 0.417. The van der Waals surface area contributed by atoms with Gasteiger partial charge in [-0.2, -0.15) is 4.98 Å². The highest BCUT2D eigenvalue weighted by Gasteiger charge is 2.20. The standard InChI is InChI=1S/C12H15N3O3S/c1-6-8-11(18-4)14-7(5-17-3)15-12(8)19-9(6)10(16)13-2/h5H2,1-4H3,(H,13,16). The van der Waals surface area contributed by atoms with Crippen LogP contribution >= 0.6 is 11.3 Å². The molecule has 2 aromatic rings. The molecule has 2 aromatic heterocycles. The van der Waals surface area contributed by atoms with Crippen LogP contribution in [0.25, 0.3) is 10.2 Å². The molecule has 0 radical (unpaired) electrons. The first-order chi connectivity index (χ1) is 9.12. The van der Waals surface area contributed by atoms with Gasteiger partial charge in [0.2, 0.25) is 5.88 Å². The highest BCUT2D eigenvalue weighted by molar-refractivity contribution is 7.20. The number of ether oxygens (including phenoxy) is 2.